The molecule has 1 aliphatic rings. The molecule has 1 saturated heterocycles. The van der Waals surface area contributed by atoms with Gasteiger partial charge in [0, 0.05) is 36.8 Å². The van der Waals surface area contributed by atoms with E-state index < -0.39 is 17.7 Å². The average Bonchev–Trinajstić information content (AvgIpc) is 3.38. The highest BCUT2D eigenvalue weighted by atomic mass is 16.5. The summed E-state index contributed by atoms with van der Waals surface area (Å²) in [5.74, 6) is 0.375. The van der Waals surface area contributed by atoms with Gasteiger partial charge in [0.05, 0.1) is 48.4 Å². The molecule has 3 heterocycles. The Kier molecular flexibility index (Phi) is 11.3. The van der Waals surface area contributed by atoms with Gasteiger partial charge < -0.3 is 29.0 Å². The van der Waals surface area contributed by atoms with Crippen molar-refractivity contribution in [2.24, 2.45) is 0 Å². The number of ether oxygens (including phenoxy) is 4. The highest BCUT2D eigenvalue weighted by molar-refractivity contribution is 5.78. The van der Waals surface area contributed by atoms with Crippen LogP contribution in [0.3, 0.4) is 0 Å². The predicted molar refractivity (Wildman–Crippen MR) is 180 cm³/mol. The summed E-state index contributed by atoms with van der Waals surface area (Å²) in [4.78, 5) is 19.7. The lowest BCUT2D eigenvalue weighted by Crippen LogP contribution is -2.45. The van der Waals surface area contributed by atoms with Gasteiger partial charge in [-0.2, -0.15) is 9.61 Å². The van der Waals surface area contributed by atoms with Crippen LogP contribution in [0, 0.1) is 13.8 Å². The van der Waals surface area contributed by atoms with E-state index in [-0.39, 0.29) is 18.3 Å². The van der Waals surface area contributed by atoms with Gasteiger partial charge in [-0.3, -0.25) is 0 Å². The van der Waals surface area contributed by atoms with Crippen LogP contribution in [0.5, 0.6) is 5.75 Å². The highest BCUT2D eigenvalue weighted by Crippen LogP contribution is 2.37. The van der Waals surface area contributed by atoms with Gasteiger partial charge in [0.25, 0.3) is 0 Å². The van der Waals surface area contributed by atoms with Gasteiger partial charge in [0.2, 0.25) is 0 Å². The number of aryl methyl sites for hydroxylation is 2. The standard InChI is InChI=1S/C36H50N4O6/c1-10-12-25(4)45-29-14-13-24(3)20-27(29)22-43-23-28-21-30-37-26(5)31(32(34(41)42)46-35(6,7)8)33(40(30)38-28)39-17-15-36(9,16-18-39)44-19-11-2/h10-11,13-14,20-21,25,32H,1-2,12,15-19,22-23H2,3-9H3,(H,41,42)/t25-,32?/m0/s1. The molecular weight excluding hydrogens is 584 g/mol. The summed E-state index contributed by atoms with van der Waals surface area (Å²) in [5.41, 5.74) is 3.44. The average molecular weight is 635 g/mol. The zero-order valence-electron chi connectivity index (χ0n) is 28.5. The number of carboxylic acid groups (broad SMARTS) is 1. The molecule has 1 aliphatic heterocycles. The van der Waals surface area contributed by atoms with Crippen LogP contribution in [0.4, 0.5) is 5.82 Å². The van der Waals surface area contributed by atoms with Gasteiger partial charge >= 0.3 is 5.97 Å². The number of hydrogen-bond donors (Lipinski definition) is 1. The number of aromatic nitrogens is 3. The summed E-state index contributed by atoms with van der Waals surface area (Å²) in [6, 6.07) is 7.96. The number of benzene rings is 1. The second-order valence-electron chi connectivity index (χ2n) is 13.4. The van der Waals surface area contributed by atoms with Crippen molar-refractivity contribution in [3.05, 3.63) is 77.7 Å². The van der Waals surface area contributed by atoms with E-state index in [4.69, 9.17) is 29.0 Å². The summed E-state index contributed by atoms with van der Waals surface area (Å²) < 4.78 is 26.3. The molecule has 1 N–H and O–H groups in total. The van der Waals surface area contributed by atoms with Crippen molar-refractivity contribution in [3.8, 4) is 5.75 Å². The number of nitrogens with zero attached hydrogens (tertiary/aromatic N) is 4. The third-order valence-corrected chi connectivity index (χ3v) is 8.03. The molecule has 1 aromatic carbocycles. The van der Waals surface area contributed by atoms with E-state index >= 15 is 0 Å². The quantitative estimate of drug-likeness (QED) is 0.179. The van der Waals surface area contributed by atoms with Gasteiger partial charge in [-0.1, -0.05) is 29.8 Å². The van der Waals surface area contributed by atoms with Crippen LogP contribution in [0.25, 0.3) is 5.65 Å². The van der Waals surface area contributed by atoms with Crippen LogP contribution in [-0.4, -0.2) is 62.7 Å². The van der Waals surface area contributed by atoms with Crippen molar-refractivity contribution >= 4 is 17.4 Å². The van der Waals surface area contributed by atoms with Crippen LogP contribution in [0.2, 0.25) is 0 Å². The first-order chi connectivity index (χ1) is 21.7. The summed E-state index contributed by atoms with van der Waals surface area (Å²) in [7, 11) is 0. The fourth-order valence-corrected chi connectivity index (χ4v) is 5.73. The Labute approximate surface area is 273 Å². The van der Waals surface area contributed by atoms with Crippen LogP contribution < -0.4 is 9.64 Å². The number of hydrogen-bond acceptors (Lipinski definition) is 8. The number of piperidine rings is 1. The Bertz CT molecular complexity index is 1530. The lowest BCUT2D eigenvalue weighted by molar-refractivity contribution is -0.160. The maximum Gasteiger partial charge on any atom is 0.337 e. The summed E-state index contributed by atoms with van der Waals surface area (Å²) >= 11 is 0. The van der Waals surface area contributed by atoms with Gasteiger partial charge in [0.15, 0.2) is 11.8 Å². The molecule has 10 nitrogen and oxygen atoms in total. The molecule has 0 spiro atoms. The van der Waals surface area contributed by atoms with Crippen molar-refractivity contribution in [3.63, 3.8) is 0 Å². The molecule has 46 heavy (non-hydrogen) atoms. The first-order valence-corrected chi connectivity index (χ1v) is 16.0. The zero-order valence-corrected chi connectivity index (χ0v) is 28.5. The molecule has 1 unspecified atom stereocenters. The Hall–Kier alpha value is -3.73. The molecule has 3 aromatic rings. The molecule has 0 saturated carbocycles. The SMILES string of the molecule is C=CCOC1(C)CCN(c2c(C(OC(C)(C)C)C(=O)O)c(C)nc3cc(COCc4cc(C)ccc4O[C@@H](C)CC=C)nn23)CC1. The summed E-state index contributed by atoms with van der Waals surface area (Å²) in [6.45, 7) is 23.5. The fraction of sp³-hybridized carbons (Fsp3) is 0.528. The van der Waals surface area contributed by atoms with Gasteiger partial charge in [0.1, 0.15) is 11.6 Å². The second kappa shape index (κ2) is 14.8. The Morgan fingerprint density at radius 1 is 1.13 bits per heavy atom. The molecule has 0 bridgehead atoms. The monoisotopic (exact) mass is 634 g/mol. The van der Waals surface area contributed by atoms with Crippen LogP contribution in [0.15, 0.2) is 49.6 Å². The molecule has 2 aromatic heterocycles. The van der Waals surface area contributed by atoms with Crippen molar-refractivity contribution in [1.29, 1.82) is 0 Å². The zero-order chi connectivity index (χ0) is 33.6. The molecule has 250 valence electrons. The fourth-order valence-electron chi connectivity index (χ4n) is 5.73. The van der Waals surface area contributed by atoms with Crippen molar-refractivity contribution in [2.75, 3.05) is 24.6 Å². The maximum absolute atomic E-state index is 12.7. The predicted octanol–water partition coefficient (Wildman–Crippen LogP) is 6.91. The molecular formula is C36H50N4O6. The molecule has 0 amide bonds. The van der Waals surface area contributed by atoms with Crippen LogP contribution >= 0.6 is 0 Å². The summed E-state index contributed by atoms with van der Waals surface area (Å²) in [6.07, 6.45) is 4.63. The Morgan fingerprint density at radius 2 is 1.85 bits per heavy atom. The van der Waals surface area contributed by atoms with E-state index in [1.165, 1.54) is 0 Å². The topological polar surface area (TPSA) is 108 Å². The number of anilines is 1. The van der Waals surface area contributed by atoms with Gasteiger partial charge in [-0.15, -0.1) is 13.2 Å². The highest BCUT2D eigenvalue weighted by Gasteiger charge is 2.37. The lowest BCUT2D eigenvalue weighted by atomic mass is 9.92. The molecule has 10 heteroatoms. The van der Waals surface area contributed by atoms with Crippen LogP contribution in [0.1, 0.15) is 88.1 Å². The number of carbonyl (C=O) groups is 1. The third-order valence-electron chi connectivity index (χ3n) is 8.03. The number of aliphatic carboxylic acids is 1. The van der Waals surface area contributed by atoms with E-state index in [2.05, 4.69) is 31.0 Å². The van der Waals surface area contributed by atoms with E-state index in [1.54, 1.807) is 10.6 Å². The van der Waals surface area contributed by atoms with Gasteiger partial charge in [-0.25, -0.2) is 9.78 Å². The normalized spacial score (nSPS) is 16.3. The van der Waals surface area contributed by atoms with E-state index in [0.717, 1.165) is 36.1 Å². The smallest absolute Gasteiger partial charge is 0.337 e. The van der Waals surface area contributed by atoms with Crippen molar-refractivity contribution in [1.82, 2.24) is 14.6 Å². The number of carboxylic acids is 1. The van der Waals surface area contributed by atoms with Gasteiger partial charge in [-0.05, 0) is 67.4 Å². The third kappa shape index (κ3) is 8.74. The molecule has 0 radical (unpaired) electrons. The minimum Gasteiger partial charge on any atom is -0.490 e. The van der Waals surface area contributed by atoms with Crippen LogP contribution in [-0.2, 0) is 32.2 Å². The maximum atomic E-state index is 12.7. The molecule has 4 rings (SSSR count). The molecule has 2 atom stereocenters. The Balaban J connectivity index is 1.67. The largest absolute Gasteiger partial charge is 0.490 e. The Morgan fingerprint density at radius 3 is 2.48 bits per heavy atom. The minimum atomic E-state index is -1.23. The molecule has 1 fully saturated rings. The number of fused-ring (bicyclic) bond motifs is 1. The summed E-state index contributed by atoms with van der Waals surface area (Å²) in [5, 5.41) is 15.3. The first kappa shape index (κ1) is 35.1. The van der Waals surface area contributed by atoms with E-state index in [9.17, 15) is 9.90 Å². The van der Waals surface area contributed by atoms with E-state index in [0.29, 0.717) is 54.7 Å². The second-order valence-corrected chi connectivity index (χ2v) is 13.4. The van der Waals surface area contributed by atoms with Crippen molar-refractivity contribution < 1.29 is 28.8 Å². The van der Waals surface area contributed by atoms with E-state index in [1.807, 2.05) is 65.8 Å². The number of rotatable bonds is 15. The first-order valence-electron chi connectivity index (χ1n) is 16.0. The molecule has 0 aliphatic carbocycles. The minimum absolute atomic E-state index is 0.00239. The lowest BCUT2D eigenvalue weighted by Gasteiger charge is -2.41. The van der Waals surface area contributed by atoms with Crippen molar-refractivity contribution in [2.45, 2.75) is 104 Å².